The molecule has 0 aliphatic heterocycles. The molecule has 0 saturated heterocycles. The number of hydrogen-bond acceptors (Lipinski definition) is 2. The van der Waals surface area contributed by atoms with Crippen LogP contribution < -0.4 is 5.32 Å². The van der Waals surface area contributed by atoms with E-state index < -0.39 is 6.04 Å². The van der Waals surface area contributed by atoms with E-state index in [0.717, 1.165) is 0 Å². The third-order valence-corrected chi connectivity index (χ3v) is 4.38. The molecule has 2 amide bonds. The quantitative estimate of drug-likeness (QED) is 0.857. The van der Waals surface area contributed by atoms with Crippen LogP contribution in [0.3, 0.4) is 0 Å². The van der Waals surface area contributed by atoms with Gasteiger partial charge in [0.15, 0.2) is 0 Å². The molecule has 0 spiro atoms. The topological polar surface area (TPSA) is 49.4 Å². The lowest BCUT2D eigenvalue weighted by molar-refractivity contribution is -0.131. The Morgan fingerprint density at radius 2 is 1.69 bits per heavy atom. The number of nitrogens with zero attached hydrogens (tertiary/aromatic N) is 1. The van der Waals surface area contributed by atoms with Gasteiger partial charge >= 0.3 is 0 Å². The molecule has 2 rings (SSSR count). The fourth-order valence-electron chi connectivity index (χ4n) is 2.54. The van der Waals surface area contributed by atoms with Crippen molar-refractivity contribution in [3.05, 3.63) is 58.9 Å². The molecule has 4 nitrogen and oxygen atoms in total. The Bertz CT molecular complexity index is 804. The molecule has 0 radical (unpaired) electrons. The lowest BCUT2D eigenvalue weighted by Gasteiger charge is -2.24. The van der Waals surface area contributed by atoms with Crippen molar-refractivity contribution in [2.75, 3.05) is 14.1 Å². The molecule has 0 aliphatic rings. The number of nitrogens with one attached hydrogen (secondary N) is 1. The third kappa shape index (κ3) is 4.61. The van der Waals surface area contributed by atoms with Gasteiger partial charge in [-0.2, -0.15) is 0 Å². The highest BCUT2D eigenvalue weighted by Gasteiger charge is 2.25. The average molecular weight is 377 g/mol. The molecular formula is C20H22ClFN2O2. The predicted molar refractivity (Wildman–Crippen MR) is 102 cm³/mol. The third-order valence-electron chi connectivity index (χ3n) is 4.05. The second kappa shape index (κ2) is 8.32. The van der Waals surface area contributed by atoms with Crippen molar-refractivity contribution in [3.8, 4) is 11.1 Å². The molecular weight excluding hydrogens is 355 g/mol. The summed E-state index contributed by atoms with van der Waals surface area (Å²) in [6, 6.07) is 10.2. The molecule has 2 aromatic rings. The number of halogens is 2. The molecule has 0 saturated carbocycles. The van der Waals surface area contributed by atoms with Gasteiger partial charge in [-0.1, -0.05) is 37.6 Å². The fourth-order valence-corrected chi connectivity index (χ4v) is 2.76. The van der Waals surface area contributed by atoms with Gasteiger partial charge in [-0.15, -0.1) is 0 Å². The lowest BCUT2D eigenvalue weighted by atomic mass is 10.0. The maximum atomic E-state index is 13.4. The van der Waals surface area contributed by atoms with Crippen LogP contribution in [-0.4, -0.2) is 36.9 Å². The molecule has 138 valence electrons. The molecule has 0 bridgehead atoms. The molecule has 26 heavy (non-hydrogen) atoms. The SMILES string of the molecule is CC(C)[C@@H](NC(=O)c1ccc(-c2cc(F)ccc2Cl)cc1)C(=O)N(C)C. The van der Waals surface area contributed by atoms with E-state index in [0.29, 0.717) is 21.7 Å². The van der Waals surface area contributed by atoms with E-state index in [1.807, 2.05) is 13.8 Å². The Morgan fingerprint density at radius 3 is 2.23 bits per heavy atom. The molecule has 0 aromatic heterocycles. The first-order valence-electron chi connectivity index (χ1n) is 8.28. The molecule has 0 unspecified atom stereocenters. The largest absolute Gasteiger partial charge is 0.347 e. The minimum Gasteiger partial charge on any atom is -0.347 e. The Kier molecular flexibility index (Phi) is 6.37. The summed E-state index contributed by atoms with van der Waals surface area (Å²) in [5.41, 5.74) is 1.68. The molecule has 0 aliphatic carbocycles. The monoisotopic (exact) mass is 376 g/mol. The minimum absolute atomic E-state index is 0.0424. The van der Waals surface area contributed by atoms with Gasteiger partial charge in [-0.25, -0.2) is 4.39 Å². The number of carbonyl (C=O) groups is 2. The van der Waals surface area contributed by atoms with Gasteiger partial charge in [0.05, 0.1) is 0 Å². The standard InChI is InChI=1S/C20H22ClFN2O2/c1-12(2)18(20(26)24(3)4)23-19(25)14-7-5-13(6-8-14)16-11-15(22)9-10-17(16)21/h5-12,18H,1-4H3,(H,23,25)/t18-/m1/s1. The summed E-state index contributed by atoms with van der Waals surface area (Å²) < 4.78 is 13.4. The van der Waals surface area contributed by atoms with Crippen molar-refractivity contribution in [1.29, 1.82) is 0 Å². The van der Waals surface area contributed by atoms with Gasteiger partial charge < -0.3 is 10.2 Å². The second-order valence-corrected chi connectivity index (χ2v) is 7.04. The highest BCUT2D eigenvalue weighted by molar-refractivity contribution is 6.33. The summed E-state index contributed by atoms with van der Waals surface area (Å²) in [4.78, 5) is 26.2. The molecule has 1 N–H and O–H groups in total. The van der Waals surface area contributed by atoms with Crippen molar-refractivity contribution in [3.63, 3.8) is 0 Å². The lowest BCUT2D eigenvalue weighted by Crippen LogP contribution is -2.49. The number of hydrogen-bond donors (Lipinski definition) is 1. The highest BCUT2D eigenvalue weighted by Crippen LogP contribution is 2.28. The zero-order valence-electron chi connectivity index (χ0n) is 15.2. The smallest absolute Gasteiger partial charge is 0.251 e. The number of benzene rings is 2. The van der Waals surface area contributed by atoms with Crippen molar-refractivity contribution < 1.29 is 14.0 Å². The summed E-state index contributed by atoms with van der Waals surface area (Å²) in [5.74, 6) is -0.917. The maximum Gasteiger partial charge on any atom is 0.251 e. The molecule has 0 heterocycles. The van der Waals surface area contributed by atoms with Crippen molar-refractivity contribution in [1.82, 2.24) is 10.2 Å². The number of rotatable bonds is 5. The second-order valence-electron chi connectivity index (χ2n) is 6.63. The summed E-state index contributed by atoms with van der Waals surface area (Å²) in [6.07, 6.45) is 0. The summed E-state index contributed by atoms with van der Waals surface area (Å²) >= 11 is 6.11. The van der Waals surface area contributed by atoms with Crippen molar-refractivity contribution >= 4 is 23.4 Å². The van der Waals surface area contributed by atoms with Gasteiger partial charge in [-0.3, -0.25) is 9.59 Å². The highest BCUT2D eigenvalue weighted by atomic mass is 35.5. The van der Waals surface area contributed by atoms with E-state index in [1.165, 1.54) is 23.1 Å². The van der Waals surface area contributed by atoms with E-state index in [1.54, 1.807) is 38.4 Å². The minimum atomic E-state index is -0.602. The Balaban J connectivity index is 2.20. The summed E-state index contributed by atoms with van der Waals surface area (Å²) in [5, 5.41) is 3.21. The van der Waals surface area contributed by atoms with E-state index in [9.17, 15) is 14.0 Å². The Morgan fingerprint density at radius 1 is 1.08 bits per heavy atom. The van der Waals surface area contributed by atoms with Crippen LogP contribution in [0.15, 0.2) is 42.5 Å². The van der Waals surface area contributed by atoms with E-state index >= 15 is 0 Å². The predicted octanol–water partition coefficient (Wildman–Crippen LogP) is 3.99. The Hall–Kier alpha value is -2.40. The van der Waals surface area contributed by atoms with Crippen LogP contribution >= 0.6 is 11.6 Å². The zero-order valence-corrected chi connectivity index (χ0v) is 16.0. The number of carbonyl (C=O) groups excluding carboxylic acids is 2. The van der Waals surface area contributed by atoms with Crippen molar-refractivity contribution in [2.45, 2.75) is 19.9 Å². The number of likely N-dealkylation sites (N-methyl/N-ethyl adjacent to an activating group) is 1. The fraction of sp³-hybridized carbons (Fsp3) is 0.300. The van der Waals surface area contributed by atoms with Gasteiger partial charge in [0, 0.05) is 30.2 Å². The van der Waals surface area contributed by atoms with Crippen LogP contribution in [-0.2, 0) is 4.79 Å². The molecule has 6 heteroatoms. The average Bonchev–Trinajstić information content (AvgIpc) is 2.60. The van der Waals surface area contributed by atoms with Crippen LogP contribution in [0, 0.1) is 11.7 Å². The summed E-state index contributed by atoms with van der Waals surface area (Å²) in [7, 11) is 3.31. The van der Waals surface area contributed by atoms with Gasteiger partial charge in [0.1, 0.15) is 11.9 Å². The van der Waals surface area contributed by atoms with Gasteiger partial charge in [0.25, 0.3) is 5.91 Å². The van der Waals surface area contributed by atoms with Crippen LogP contribution in [0.25, 0.3) is 11.1 Å². The van der Waals surface area contributed by atoms with Crippen LogP contribution in [0.5, 0.6) is 0 Å². The van der Waals surface area contributed by atoms with Gasteiger partial charge in [-0.05, 0) is 41.8 Å². The zero-order chi connectivity index (χ0) is 19.4. The van der Waals surface area contributed by atoms with Crippen LogP contribution in [0.4, 0.5) is 4.39 Å². The maximum absolute atomic E-state index is 13.4. The number of amides is 2. The summed E-state index contributed by atoms with van der Waals surface area (Å²) in [6.45, 7) is 3.75. The molecule has 1 atom stereocenters. The van der Waals surface area contributed by atoms with E-state index in [-0.39, 0.29) is 23.5 Å². The normalized spacial score (nSPS) is 12.0. The van der Waals surface area contributed by atoms with Crippen LogP contribution in [0.1, 0.15) is 24.2 Å². The first kappa shape index (κ1) is 19.9. The van der Waals surface area contributed by atoms with Crippen LogP contribution in [0.2, 0.25) is 5.02 Å². The molecule has 0 fully saturated rings. The first-order valence-corrected chi connectivity index (χ1v) is 8.66. The molecule has 2 aromatic carbocycles. The van der Waals surface area contributed by atoms with Gasteiger partial charge in [0.2, 0.25) is 5.91 Å². The Labute approximate surface area is 158 Å². The van der Waals surface area contributed by atoms with E-state index in [2.05, 4.69) is 5.32 Å². The van der Waals surface area contributed by atoms with Crippen molar-refractivity contribution in [2.24, 2.45) is 5.92 Å². The van der Waals surface area contributed by atoms with E-state index in [4.69, 9.17) is 11.6 Å². The first-order chi connectivity index (χ1) is 12.2.